The highest BCUT2D eigenvalue weighted by Gasteiger charge is 2.28. The van der Waals surface area contributed by atoms with Crippen LogP contribution < -0.4 is 0 Å². The van der Waals surface area contributed by atoms with Crippen molar-refractivity contribution in [3.63, 3.8) is 0 Å². The number of aryl methyl sites for hydroxylation is 4. The number of sulfonamides is 1. The molecule has 0 heterocycles. The molecule has 0 atom stereocenters. The third kappa shape index (κ3) is 6.77. The molecule has 0 N–H and O–H groups in total. The van der Waals surface area contributed by atoms with Gasteiger partial charge in [-0.05, 0) is 97.9 Å². The molecule has 1 aliphatic rings. The summed E-state index contributed by atoms with van der Waals surface area (Å²) in [5.41, 5.74) is 9.37. The molecule has 0 aromatic heterocycles. The van der Waals surface area contributed by atoms with Crippen molar-refractivity contribution in [1.29, 1.82) is 0 Å². The van der Waals surface area contributed by atoms with Crippen molar-refractivity contribution in [1.82, 2.24) is 4.31 Å². The van der Waals surface area contributed by atoms with Crippen molar-refractivity contribution in [2.24, 2.45) is 0 Å². The third-order valence-electron chi connectivity index (χ3n) is 8.38. The molecule has 0 spiro atoms. The van der Waals surface area contributed by atoms with Crippen molar-refractivity contribution >= 4 is 21.6 Å². The molecule has 0 unspecified atom stereocenters. The largest absolute Gasteiger partial charge is 0.243 e. The minimum atomic E-state index is -3.75. The molecule has 41 heavy (non-hydrogen) atoms. The maximum Gasteiger partial charge on any atom is 0.243 e. The fraction of sp³-hybridized carbons (Fsp3) is 0.333. The standard InChI is InChI=1S/C36H40ClNO2S/c1-25-8-7-11-33(22-25)31-15-12-30(13-16-31)24-38(41(39,40)36-27(3)20-26(2)21-28(36)4)19-18-29-14-17-34(35(37)23-29)32-9-5-6-10-32/h7-8,11-17,20-23,32H,5-6,9-10,18-19,24H2,1-4H3. The first-order chi connectivity index (χ1) is 19.6. The van der Waals surface area contributed by atoms with E-state index in [0.29, 0.717) is 30.3 Å². The number of rotatable bonds is 9. The van der Waals surface area contributed by atoms with Crippen molar-refractivity contribution in [3.8, 4) is 11.1 Å². The molecule has 0 amide bonds. The van der Waals surface area contributed by atoms with Gasteiger partial charge in [-0.2, -0.15) is 4.31 Å². The summed E-state index contributed by atoms with van der Waals surface area (Å²) < 4.78 is 30.1. The first kappa shape index (κ1) is 29.6. The summed E-state index contributed by atoms with van der Waals surface area (Å²) >= 11 is 6.74. The van der Waals surface area contributed by atoms with Gasteiger partial charge in [-0.15, -0.1) is 0 Å². The van der Waals surface area contributed by atoms with Crippen LogP contribution in [0.3, 0.4) is 0 Å². The van der Waals surface area contributed by atoms with E-state index in [4.69, 9.17) is 11.6 Å². The molecule has 3 nitrogen and oxygen atoms in total. The summed E-state index contributed by atoms with van der Waals surface area (Å²) in [7, 11) is -3.75. The van der Waals surface area contributed by atoms with Gasteiger partial charge >= 0.3 is 0 Å². The monoisotopic (exact) mass is 585 g/mol. The van der Waals surface area contributed by atoms with Crippen LogP contribution in [0.2, 0.25) is 5.02 Å². The zero-order chi connectivity index (χ0) is 29.1. The summed E-state index contributed by atoms with van der Waals surface area (Å²) in [6.45, 7) is 8.55. The van der Waals surface area contributed by atoms with Gasteiger partial charge in [-0.3, -0.25) is 0 Å². The van der Waals surface area contributed by atoms with E-state index in [1.54, 1.807) is 4.31 Å². The van der Waals surface area contributed by atoms with E-state index in [0.717, 1.165) is 44.0 Å². The Hall–Kier alpha value is -2.92. The maximum atomic E-state index is 14.2. The second-order valence-corrected chi connectivity index (χ2v) is 14.0. The molecular formula is C36H40ClNO2S. The summed E-state index contributed by atoms with van der Waals surface area (Å²) in [4.78, 5) is 0.411. The van der Waals surface area contributed by atoms with Gasteiger partial charge < -0.3 is 0 Å². The predicted molar refractivity (Wildman–Crippen MR) is 171 cm³/mol. The maximum absolute atomic E-state index is 14.2. The Morgan fingerprint density at radius 2 is 1.41 bits per heavy atom. The van der Waals surface area contributed by atoms with Gasteiger partial charge in [0.25, 0.3) is 0 Å². The highest BCUT2D eigenvalue weighted by Crippen LogP contribution is 2.38. The van der Waals surface area contributed by atoms with Crippen LogP contribution in [0.5, 0.6) is 0 Å². The van der Waals surface area contributed by atoms with Crippen molar-refractivity contribution in [3.05, 3.63) is 123 Å². The van der Waals surface area contributed by atoms with Crippen LogP contribution in [-0.2, 0) is 23.0 Å². The fourth-order valence-corrected chi connectivity index (χ4v) is 8.56. The summed E-state index contributed by atoms with van der Waals surface area (Å²) in [5, 5.41) is 0.806. The Balaban J connectivity index is 1.43. The molecule has 0 radical (unpaired) electrons. The van der Waals surface area contributed by atoms with Crippen LogP contribution in [0.15, 0.2) is 83.8 Å². The van der Waals surface area contributed by atoms with E-state index >= 15 is 0 Å². The van der Waals surface area contributed by atoms with E-state index in [9.17, 15) is 8.42 Å². The molecule has 0 aliphatic heterocycles. The van der Waals surface area contributed by atoms with Gasteiger partial charge in [0.05, 0.1) is 4.90 Å². The SMILES string of the molecule is Cc1cccc(-c2ccc(CN(CCc3ccc(C4CCCC4)c(Cl)c3)S(=O)(=O)c3c(C)cc(C)cc3C)cc2)c1. The molecule has 4 aromatic carbocycles. The van der Waals surface area contributed by atoms with E-state index in [2.05, 4.69) is 55.5 Å². The molecule has 0 saturated heterocycles. The fourth-order valence-electron chi connectivity index (χ4n) is 6.37. The second-order valence-electron chi connectivity index (χ2n) is 11.7. The predicted octanol–water partition coefficient (Wildman–Crippen LogP) is 9.33. The minimum absolute atomic E-state index is 0.303. The Kier molecular flexibility index (Phi) is 9.03. The Labute approximate surface area is 251 Å². The number of nitrogens with zero attached hydrogens (tertiary/aromatic N) is 1. The normalized spacial score (nSPS) is 14.2. The Bertz CT molecular complexity index is 1610. The summed E-state index contributed by atoms with van der Waals surface area (Å²) in [6.07, 6.45) is 5.51. The topological polar surface area (TPSA) is 37.4 Å². The lowest BCUT2D eigenvalue weighted by Gasteiger charge is -2.25. The molecule has 5 rings (SSSR count). The second kappa shape index (κ2) is 12.5. The molecule has 1 saturated carbocycles. The van der Waals surface area contributed by atoms with Crippen molar-refractivity contribution in [2.45, 2.75) is 77.2 Å². The number of hydrogen-bond acceptors (Lipinski definition) is 2. The van der Waals surface area contributed by atoms with Gasteiger partial charge in [0, 0.05) is 18.1 Å². The van der Waals surface area contributed by atoms with Crippen LogP contribution in [0.1, 0.15) is 70.5 Å². The quantitative estimate of drug-likeness (QED) is 0.196. The lowest BCUT2D eigenvalue weighted by atomic mass is 9.96. The zero-order valence-corrected chi connectivity index (χ0v) is 26.2. The average molecular weight is 586 g/mol. The van der Waals surface area contributed by atoms with E-state index < -0.39 is 10.0 Å². The van der Waals surface area contributed by atoms with Crippen LogP contribution >= 0.6 is 11.6 Å². The Morgan fingerprint density at radius 3 is 2.05 bits per heavy atom. The lowest BCUT2D eigenvalue weighted by molar-refractivity contribution is 0.409. The molecule has 214 valence electrons. The molecule has 0 bridgehead atoms. The van der Waals surface area contributed by atoms with Crippen molar-refractivity contribution in [2.75, 3.05) is 6.54 Å². The van der Waals surface area contributed by atoms with Crippen LogP contribution in [0.4, 0.5) is 0 Å². The van der Waals surface area contributed by atoms with Gasteiger partial charge in [-0.1, -0.05) is 108 Å². The van der Waals surface area contributed by atoms with Gasteiger partial charge in [0.1, 0.15) is 0 Å². The average Bonchev–Trinajstić information content (AvgIpc) is 3.45. The van der Waals surface area contributed by atoms with E-state index in [-0.39, 0.29) is 0 Å². The number of benzene rings is 4. The number of halogens is 1. The van der Waals surface area contributed by atoms with Crippen LogP contribution in [0.25, 0.3) is 11.1 Å². The molecular weight excluding hydrogens is 546 g/mol. The summed E-state index contributed by atoms with van der Waals surface area (Å²) in [5.74, 6) is 0.545. The zero-order valence-electron chi connectivity index (χ0n) is 24.6. The highest BCUT2D eigenvalue weighted by molar-refractivity contribution is 7.89. The lowest BCUT2D eigenvalue weighted by Crippen LogP contribution is -2.33. The van der Waals surface area contributed by atoms with E-state index in [1.165, 1.54) is 36.8 Å². The van der Waals surface area contributed by atoms with Crippen molar-refractivity contribution < 1.29 is 8.42 Å². The van der Waals surface area contributed by atoms with Gasteiger partial charge in [0.15, 0.2) is 0 Å². The summed E-state index contributed by atoms with van der Waals surface area (Å²) in [6, 6.07) is 26.9. The van der Waals surface area contributed by atoms with Crippen LogP contribution in [0, 0.1) is 27.7 Å². The molecule has 1 aliphatic carbocycles. The number of hydrogen-bond donors (Lipinski definition) is 0. The van der Waals surface area contributed by atoms with Gasteiger partial charge in [0.2, 0.25) is 10.0 Å². The first-order valence-electron chi connectivity index (χ1n) is 14.6. The minimum Gasteiger partial charge on any atom is -0.207 e. The Morgan fingerprint density at radius 1 is 0.756 bits per heavy atom. The molecule has 1 fully saturated rings. The van der Waals surface area contributed by atoms with E-state index in [1.807, 2.05) is 51.1 Å². The highest BCUT2D eigenvalue weighted by atomic mass is 35.5. The molecule has 4 aromatic rings. The molecule has 5 heteroatoms. The van der Waals surface area contributed by atoms with Crippen LogP contribution in [-0.4, -0.2) is 19.3 Å². The first-order valence-corrected chi connectivity index (χ1v) is 16.5. The third-order valence-corrected chi connectivity index (χ3v) is 10.9. The smallest absolute Gasteiger partial charge is 0.207 e. The van der Waals surface area contributed by atoms with Gasteiger partial charge in [-0.25, -0.2) is 8.42 Å².